The van der Waals surface area contributed by atoms with Gasteiger partial charge in [-0.1, -0.05) is 11.6 Å². The van der Waals surface area contributed by atoms with Crippen LogP contribution >= 0.6 is 11.6 Å². The van der Waals surface area contributed by atoms with Gasteiger partial charge in [-0.25, -0.2) is 4.98 Å². The zero-order valence-electron chi connectivity index (χ0n) is 7.98. The highest BCUT2D eigenvalue weighted by Crippen LogP contribution is 2.15. The third kappa shape index (κ3) is 2.35. The summed E-state index contributed by atoms with van der Waals surface area (Å²) >= 11 is 5.73. The fourth-order valence-electron chi connectivity index (χ4n) is 1.11. The number of anilines is 3. The summed E-state index contributed by atoms with van der Waals surface area (Å²) in [6, 6.07) is 1.48. The zero-order valence-corrected chi connectivity index (χ0v) is 8.73. The molecule has 0 bridgehead atoms. The van der Waals surface area contributed by atoms with Crippen molar-refractivity contribution in [1.29, 1.82) is 0 Å². The third-order valence-electron chi connectivity index (χ3n) is 1.68. The highest BCUT2D eigenvalue weighted by Gasteiger charge is 2.02. The van der Waals surface area contributed by atoms with Gasteiger partial charge in [-0.15, -0.1) is 0 Å². The van der Waals surface area contributed by atoms with Crippen LogP contribution in [-0.4, -0.2) is 19.7 Å². The first-order valence-corrected chi connectivity index (χ1v) is 4.57. The molecular formula is C8H9ClN6. The number of hydrogen-bond donors (Lipinski definition) is 2. The topological polar surface area (TPSA) is 81.7 Å². The van der Waals surface area contributed by atoms with Crippen molar-refractivity contribution >= 4 is 29.1 Å². The quantitative estimate of drug-likeness (QED) is 0.749. The van der Waals surface area contributed by atoms with Crippen LogP contribution < -0.4 is 11.1 Å². The zero-order chi connectivity index (χ0) is 10.8. The standard InChI is InChI=1S/C8H9ClN6/c1-15-4-5(3-11-15)12-8-13-6(9)2-7(10)14-8/h2-4H,1H3,(H3,10,12,13,14). The molecule has 0 fully saturated rings. The molecule has 0 unspecified atom stereocenters. The summed E-state index contributed by atoms with van der Waals surface area (Å²) in [7, 11) is 1.82. The monoisotopic (exact) mass is 224 g/mol. The van der Waals surface area contributed by atoms with Gasteiger partial charge < -0.3 is 11.1 Å². The van der Waals surface area contributed by atoms with Crippen LogP contribution in [0.5, 0.6) is 0 Å². The largest absolute Gasteiger partial charge is 0.383 e. The van der Waals surface area contributed by atoms with E-state index in [1.165, 1.54) is 6.07 Å². The molecule has 2 heterocycles. The number of nitrogens with zero attached hydrogens (tertiary/aromatic N) is 4. The maximum Gasteiger partial charge on any atom is 0.230 e. The first-order valence-electron chi connectivity index (χ1n) is 4.19. The highest BCUT2D eigenvalue weighted by molar-refractivity contribution is 6.29. The molecule has 0 aliphatic heterocycles. The van der Waals surface area contributed by atoms with Gasteiger partial charge in [-0.2, -0.15) is 10.1 Å². The lowest BCUT2D eigenvalue weighted by atomic mass is 10.5. The summed E-state index contributed by atoms with van der Waals surface area (Å²) in [5.41, 5.74) is 6.30. The molecule has 0 saturated heterocycles. The minimum atomic E-state index is 0.300. The van der Waals surface area contributed by atoms with Gasteiger partial charge >= 0.3 is 0 Å². The molecule has 0 aromatic carbocycles. The van der Waals surface area contributed by atoms with Crippen LogP contribution in [0, 0.1) is 0 Å². The number of nitrogens with one attached hydrogen (secondary N) is 1. The Kier molecular flexibility index (Phi) is 2.42. The lowest BCUT2D eigenvalue weighted by molar-refractivity contribution is 0.768. The first-order chi connectivity index (χ1) is 7.13. The van der Waals surface area contributed by atoms with E-state index in [0.29, 0.717) is 16.9 Å². The molecule has 2 aromatic heterocycles. The van der Waals surface area contributed by atoms with Crippen molar-refractivity contribution in [3.8, 4) is 0 Å². The Morgan fingerprint density at radius 2 is 2.27 bits per heavy atom. The predicted molar refractivity (Wildman–Crippen MR) is 57.9 cm³/mol. The van der Waals surface area contributed by atoms with Crippen LogP contribution in [0.2, 0.25) is 5.15 Å². The average molecular weight is 225 g/mol. The van der Waals surface area contributed by atoms with E-state index in [1.54, 1.807) is 17.1 Å². The van der Waals surface area contributed by atoms with Gasteiger partial charge in [0.15, 0.2) is 0 Å². The smallest absolute Gasteiger partial charge is 0.230 e. The minimum absolute atomic E-state index is 0.300. The lowest BCUT2D eigenvalue weighted by Gasteiger charge is -2.02. The van der Waals surface area contributed by atoms with E-state index in [4.69, 9.17) is 17.3 Å². The number of hydrogen-bond acceptors (Lipinski definition) is 5. The summed E-state index contributed by atoms with van der Waals surface area (Å²) < 4.78 is 1.66. The normalized spacial score (nSPS) is 10.3. The summed E-state index contributed by atoms with van der Waals surface area (Å²) in [5, 5.41) is 7.23. The van der Waals surface area contributed by atoms with Crippen molar-refractivity contribution < 1.29 is 0 Å². The van der Waals surface area contributed by atoms with Gasteiger partial charge in [0, 0.05) is 19.3 Å². The van der Waals surface area contributed by atoms with Crippen molar-refractivity contribution in [2.75, 3.05) is 11.1 Å². The second kappa shape index (κ2) is 3.74. The van der Waals surface area contributed by atoms with Crippen LogP contribution in [0.1, 0.15) is 0 Å². The molecule has 6 nitrogen and oxygen atoms in total. The van der Waals surface area contributed by atoms with Crippen LogP contribution in [0.15, 0.2) is 18.5 Å². The Morgan fingerprint density at radius 3 is 2.87 bits per heavy atom. The Labute approximate surface area is 91.1 Å². The van der Waals surface area contributed by atoms with Gasteiger partial charge in [-0.3, -0.25) is 4.68 Å². The lowest BCUT2D eigenvalue weighted by Crippen LogP contribution is -1.99. The summed E-state index contributed by atoms with van der Waals surface area (Å²) in [5.74, 6) is 0.675. The molecule has 0 atom stereocenters. The minimum Gasteiger partial charge on any atom is -0.383 e. The van der Waals surface area contributed by atoms with Crippen molar-refractivity contribution in [3.05, 3.63) is 23.6 Å². The van der Waals surface area contributed by atoms with Gasteiger partial charge in [0.05, 0.1) is 11.9 Å². The van der Waals surface area contributed by atoms with Crippen molar-refractivity contribution in [2.45, 2.75) is 0 Å². The maximum atomic E-state index is 5.73. The summed E-state index contributed by atoms with van der Waals surface area (Å²) in [4.78, 5) is 7.94. The summed E-state index contributed by atoms with van der Waals surface area (Å²) in [6.45, 7) is 0. The number of aromatic nitrogens is 4. The number of rotatable bonds is 2. The molecule has 78 valence electrons. The van der Waals surface area contributed by atoms with E-state index in [0.717, 1.165) is 5.69 Å². The molecule has 0 saturated carbocycles. The van der Waals surface area contributed by atoms with Crippen molar-refractivity contribution in [1.82, 2.24) is 19.7 Å². The van der Waals surface area contributed by atoms with Gasteiger partial charge in [0.2, 0.25) is 5.95 Å². The van der Waals surface area contributed by atoms with Crippen LogP contribution in [-0.2, 0) is 7.05 Å². The van der Waals surface area contributed by atoms with Crippen LogP contribution in [0.3, 0.4) is 0 Å². The molecule has 15 heavy (non-hydrogen) atoms. The Morgan fingerprint density at radius 1 is 1.47 bits per heavy atom. The molecule has 0 amide bonds. The molecule has 0 aliphatic carbocycles. The van der Waals surface area contributed by atoms with Gasteiger partial charge in [0.1, 0.15) is 11.0 Å². The van der Waals surface area contributed by atoms with E-state index >= 15 is 0 Å². The Balaban J connectivity index is 2.24. The fourth-order valence-corrected chi connectivity index (χ4v) is 1.30. The molecular weight excluding hydrogens is 216 g/mol. The molecule has 2 aromatic rings. The van der Waals surface area contributed by atoms with E-state index in [1.807, 2.05) is 7.05 Å². The van der Waals surface area contributed by atoms with Crippen molar-refractivity contribution in [2.24, 2.45) is 7.05 Å². The fraction of sp³-hybridized carbons (Fsp3) is 0.125. The van der Waals surface area contributed by atoms with Crippen LogP contribution in [0.25, 0.3) is 0 Å². The van der Waals surface area contributed by atoms with E-state index in [2.05, 4.69) is 20.4 Å². The van der Waals surface area contributed by atoms with E-state index in [9.17, 15) is 0 Å². The molecule has 0 radical (unpaired) electrons. The number of nitrogen functional groups attached to an aromatic ring is 1. The number of halogens is 1. The third-order valence-corrected chi connectivity index (χ3v) is 1.87. The molecule has 0 aliphatic rings. The second-order valence-corrected chi connectivity index (χ2v) is 3.35. The summed E-state index contributed by atoms with van der Waals surface area (Å²) in [6.07, 6.45) is 3.45. The first kappa shape index (κ1) is 9.72. The SMILES string of the molecule is Cn1cc(Nc2nc(N)cc(Cl)n2)cn1. The number of nitrogens with two attached hydrogens (primary N) is 1. The maximum absolute atomic E-state index is 5.73. The second-order valence-electron chi connectivity index (χ2n) is 2.97. The average Bonchev–Trinajstić information content (AvgIpc) is 2.49. The predicted octanol–water partition coefficient (Wildman–Crippen LogP) is 1.19. The van der Waals surface area contributed by atoms with E-state index in [-0.39, 0.29) is 0 Å². The number of aryl methyl sites for hydroxylation is 1. The Bertz CT molecular complexity index is 459. The van der Waals surface area contributed by atoms with Gasteiger partial charge in [0.25, 0.3) is 0 Å². The van der Waals surface area contributed by atoms with Crippen LogP contribution in [0.4, 0.5) is 17.5 Å². The molecule has 3 N–H and O–H groups in total. The highest BCUT2D eigenvalue weighted by atomic mass is 35.5. The molecule has 0 spiro atoms. The molecule has 7 heteroatoms. The van der Waals surface area contributed by atoms with Crippen molar-refractivity contribution in [3.63, 3.8) is 0 Å². The Hall–Kier alpha value is -1.82. The van der Waals surface area contributed by atoms with Gasteiger partial charge in [-0.05, 0) is 0 Å². The molecule has 2 rings (SSSR count). The van der Waals surface area contributed by atoms with E-state index < -0.39 is 0 Å².